The molecule has 14 nitrogen and oxygen atoms in total. The zero-order valence-corrected chi connectivity index (χ0v) is 35.4. The summed E-state index contributed by atoms with van der Waals surface area (Å²) in [5, 5.41) is 7.67. The average molecular weight is 842 g/mol. The van der Waals surface area contributed by atoms with Gasteiger partial charge in [0.1, 0.15) is 17.1 Å². The Kier molecular flexibility index (Phi) is 12.9. The first kappa shape index (κ1) is 41.7. The maximum Gasteiger partial charge on any atom is 0.247 e. The van der Waals surface area contributed by atoms with Crippen LogP contribution in [0.2, 0.25) is 10.0 Å². The van der Waals surface area contributed by atoms with Crippen molar-refractivity contribution in [1.29, 1.82) is 0 Å². The van der Waals surface area contributed by atoms with Crippen molar-refractivity contribution in [2.75, 3.05) is 89.7 Å². The van der Waals surface area contributed by atoms with E-state index in [1.807, 2.05) is 39.8 Å². The van der Waals surface area contributed by atoms with Gasteiger partial charge in [-0.05, 0) is 82.7 Å². The number of methoxy groups -OCH3 is 2. The lowest BCUT2D eigenvalue weighted by molar-refractivity contribution is -0.127. The second kappa shape index (κ2) is 18.2. The van der Waals surface area contributed by atoms with Crippen LogP contribution in [0.15, 0.2) is 68.0 Å². The Balaban J connectivity index is 1.23. The number of carbonyl (C=O) groups is 2. The van der Waals surface area contributed by atoms with Crippen LogP contribution in [0.4, 0.5) is 23.0 Å². The predicted molar refractivity (Wildman–Crippen MR) is 236 cm³/mol. The molecule has 2 N–H and O–H groups in total. The van der Waals surface area contributed by atoms with Crippen LogP contribution in [0.1, 0.15) is 25.0 Å². The van der Waals surface area contributed by atoms with Gasteiger partial charge in [-0.3, -0.25) is 18.9 Å². The zero-order valence-electron chi connectivity index (χ0n) is 33.9. The van der Waals surface area contributed by atoms with Gasteiger partial charge >= 0.3 is 0 Å². The normalized spacial score (nSPS) is 15.2. The van der Waals surface area contributed by atoms with E-state index in [1.165, 1.54) is 26.4 Å². The number of amides is 2. The third-order valence-electron chi connectivity index (χ3n) is 11.2. The summed E-state index contributed by atoms with van der Waals surface area (Å²) in [6, 6.07) is 10.1. The highest BCUT2D eigenvalue weighted by Gasteiger charge is 2.25. The molecule has 0 radical (unpaired) electrons. The number of nitrogens with one attached hydrogen (secondary N) is 2. The predicted octanol–water partition coefficient (Wildman–Crippen LogP) is 6.93. The van der Waals surface area contributed by atoms with Crippen LogP contribution >= 0.6 is 23.2 Å². The minimum absolute atomic E-state index is 0.0300. The van der Waals surface area contributed by atoms with Crippen molar-refractivity contribution >= 4 is 74.7 Å². The highest BCUT2D eigenvalue weighted by molar-refractivity contribution is 6.41. The standard InChI is InChI=1S/C43H50Cl2N10O4/c1-7-36(56)48-33-23-30(53-16-13-29(14-17-53)51(3)4)11-12-32(33)49-43-46-25-27-22-31(38-39(44)34(58-5)24-35(59-6)40(38)45)42-47-28(26-55(42)41(27)50-43)10-9-15-52-18-20-54(21-19-52)37(57)8-2/h7-8,11-12,22-26,29H,1-2,9-10,13-21H2,3-6H3,(H,48,56)(H,46,49,50). The molecule has 0 spiro atoms. The Morgan fingerprint density at radius 1 is 0.915 bits per heavy atom. The van der Waals surface area contributed by atoms with Gasteiger partial charge in [0.25, 0.3) is 0 Å². The maximum atomic E-state index is 12.6. The number of piperidine rings is 1. The van der Waals surface area contributed by atoms with Crippen LogP contribution in [-0.4, -0.2) is 126 Å². The molecule has 2 amide bonds. The monoisotopic (exact) mass is 840 g/mol. The number of fused-ring (bicyclic) bond motifs is 3. The summed E-state index contributed by atoms with van der Waals surface area (Å²) in [4.78, 5) is 48.4. The molecular weight excluding hydrogens is 791 g/mol. The van der Waals surface area contributed by atoms with Gasteiger partial charge < -0.3 is 34.8 Å². The SMILES string of the molecule is C=CC(=O)Nc1cc(N2CCC(N(C)C)CC2)ccc1Nc1ncc2cc(-c3c(Cl)c(OC)cc(OC)c3Cl)c3nc(CCCN4CCN(C(=O)C=C)CC4)cn3c2n1. The van der Waals surface area contributed by atoms with E-state index in [0.717, 1.165) is 63.4 Å². The molecule has 0 unspecified atom stereocenters. The number of aromatic nitrogens is 4. The molecule has 5 heterocycles. The summed E-state index contributed by atoms with van der Waals surface area (Å²) >= 11 is 14.0. The Labute approximate surface area is 354 Å². The second-order valence-electron chi connectivity index (χ2n) is 14.9. The third kappa shape index (κ3) is 8.96. The number of ether oxygens (including phenoxy) is 2. The summed E-state index contributed by atoms with van der Waals surface area (Å²) in [6.45, 7) is 12.9. The number of rotatable bonds is 14. The Bertz CT molecular complexity index is 2360. The van der Waals surface area contributed by atoms with E-state index >= 15 is 0 Å². The third-order valence-corrected chi connectivity index (χ3v) is 11.9. The zero-order chi connectivity index (χ0) is 41.8. The average Bonchev–Trinajstić information content (AvgIpc) is 3.69. The van der Waals surface area contributed by atoms with E-state index in [0.29, 0.717) is 92.2 Å². The van der Waals surface area contributed by atoms with Crippen LogP contribution in [0.3, 0.4) is 0 Å². The highest BCUT2D eigenvalue weighted by Crippen LogP contribution is 2.47. The molecule has 2 aliphatic rings. The molecule has 0 atom stereocenters. The first-order chi connectivity index (χ1) is 28.5. The van der Waals surface area contributed by atoms with E-state index in [1.54, 1.807) is 12.3 Å². The molecule has 59 heavy (non-hydrogen) atoms. The van der Waals surface area contributed by atoms with E-state index < -0.39 is 0 Å². The van der Waals surface area contributed by atoms with Gasteiger partial charge in [0.2, 0.25) is 17.8 Å². The topological polar surface area (TPSA) is 133 Å². The number of aryl methyl sites for hydroxylation is 1. The lowest BCUT2D eigenvalue weighted by Crippen LogP contribution is -2.48. The molecule has 2 saturated heterocycles. The highest BCUT2D eigenvalue weighted by atomic mass is 35.5. The smallest absolute Gasteiger partial charge is 0.247 e. The Morgan fingerprint density at radius 3 is 2.27 bits per heavy atom. The molecule has 2 aliphatic heterocycles. The minimum Gasteiger partial charge on any atom is -0.495 e. The van der Waals surface area contributed by atoms with Crippen molar-refractivity contribution in [3.8, 4) is 22.6 Å². The number of nitrogens with zero attached hydrogens (tertiary/aromatic N) is 8. The van der Waals surface area contributed by atoms with Crippen molar-refractivity contribution in [2.24, 2.45) is 0 Å². The van der Waals surface area contributed by atoms with E-state index in [2.05, 4.69) is 52.6 Å². The molecular formula is C43H50Cl2N10O4. The summed E-state index contributed by atoms with van der Waals surface area (Å²) < 4.78 is 13.2. The van der Waals surface area contributed by atoms with Crippen LogP contribution in [0.5, 0.6) is 11.5 Å². The van der Waals surface area contributed by atoms with Crippen molar-refractivity contribution in [3.05, 3.63) is 83.8 Å². The number of anilines is 4. The second-order valence-corrected chi connectivity index (χ2v) is 15.7. The van der Waals surface area contributed by atoms with Gasteiger partial charge in [-0.15, -0.1) is 0 Å². The van der Waals surface area contributed by atoms with E-state index in [9.17, 15) is 9.59 Å². The number of piperazine rings is 1. The fourth-order valence-electron chi connectivity index (χ4n) is 7.85. The fourth-order valence-corrected chi connectivity index (χ4v) is 8.56. The van der Waals surface area contributed by atoms with Crippen molar-refractivity contribution < 1.29 is 19.1 Å². The Hall–Kier alpha value is -5.41. The van der Waals surface area contributed by atoms with Gasteiger partial charge in [0.05, 0.1) is 41.3 Å². The molecule has 0 bridgehead atoms. The number of hydrogen-bond acceptors (Lipinski definition) is 11. The van der Waals surface area contributed by atoms with Crippen LogP contribution in [-0.2, 0) is 16.0 Å². The summed E-state index contributed by atoms with van der Waals surface area (Å²) in [7, 11) is 7.33. The van der Waals surface area contributed by atoms with E-state index in [4.69, 9.17) is 47.6 Å². The van der Waals surface area contributed by atoms with Gasteiger partial charge in [-0.2, -0.15) is 4.98 Å². The summed E-state index contributed by atoms with van der Waals surface area (Å²) in [6.07, 6.45) is 10.00. The largest absolute Gasteiger partial charge is 0.495 e. The Morgan fingerprint density at radius 2 is 1.63 bits per heavy atom. The molecule has 2 fully saturated rings. The molecule has 5 aromatic rings. The first-order valence-electron chi connectivity index (χ1n) is 19.7. The lowest BCUT2D eigenvalue weighted by Gasteiger charge is -2.36. The summed E-state index contributed by atoms with van der Waals surface area (Å²) in [5.41, 5.74) is 5.44. The fraction of sp³-hybridized carbons (Fsp3) is 0.372. The molecule has 0 aliphatic carbocycles. The molecule has 3 aromatic heterocycles. The van der Waals surface area contributed by atoms with Crippen LogP contribution < -0.4 is 25.0 Å². The number of carbonyl (C=O) groups excluding carboxylic acids is 2. The van der Waals surface area contributed by atoms with Crippen LogP contribution in [0.25, 0.3) is 27.8 Å². The summed E-state index contributed by atoms with van der Waals surface area (Å²) in [5.74, 6) is 0.776. The molecule has 0 saturated carbocycles. The molecule has 16 heteroatoms. The number of halogens is 2. The molecule has 2 aromatic carbocycles. The lowest BCUT2D eigenvalue weighted by atomic mass is 10.0. The molecule has 310 valence electrons. The number of pyridine rings is 1. The maximum absolute atomic E-state index is 12.6. The van der Waals surface area contributed by atoms with Crippen LogP contribution in [0, 0.1) is 0 Å². The van der Waals surface area contributed by atoms with Gasteiger partial charge in [-0.25, -0.2) is 9.97 Å². The minimum atomic E-state index is -0.326. The van der Waals surface area contributed by atoms with Crippen molar-refractivity contribution in [2.45, 2.75) is 31.7 Å². The molecule has 7 rings (SSSR count). The number of hydrogen-bond donors (Lipinski definition) is 2. The van der Waals surface area contributed by atoms with E-state index in [-0.39, 0.29) is 11.8 Å². The number of benzene rings is 2. The van der Waals surface area contributed by atoms with Gasteiger partial charge in [0.15, 0.2) is 5.65 Å². The van der Waals surface area contributed by atoms with Gasteiger partial charge in [-0.1, -0.05) is 36.4 Å². The van der Waals surface area contributed by atoms with Crippen molar-refractivity contribution in [3.63, 3.8) is 0 Å². The quantitative estimate of drug-likeness (QED) is 0.113. The number of imidazole rings is 1. The van der Waals surface area contributed by atoms with Gasteiger partial charge in [0, 0.05) is 86.0 Å². The first-order valence-corrected chi connectivity index (χ1v) is 20.4. The van der Waals surface area contributed by atoms with Crippen molar-refractivity contribution in [1.82, 2.24) is 34.1 Å².